The van der Waals surface area contributed by atoms with E-state index >= 15 is 0 Å². The fraction of sp³-hybridized carbons (Fsp3) is 0.0323. The molecule has 10 nitrogen and oxygen atoms in total. The van der Waals surface area contributed by atoms with E-state index < -0.39 is 22.7 Å². The largest absolute Gasteiger partial charge is 0.422 e. The predicted molar refractivity (Wildman–Crippen MR) is 166 cm³/mol. The van der Waals surface area contributed by atoms with E-state index in [-0.39, 0.29) is 26.9 Å². The molecule has 1 heterocycles. The van der Waals surface area contributed by atoms with Crippen molar-refractivity contribution >= 4 is 68.4 Å². The Bertz CT molecular complexity index is 1900. The highest BCUT2D eigenvalue weighted by Crippen LogP contribution is 2.37. The summed E-state index contributed by atoms with van der Waals surface area (Å²) in [6.07, 6.45) is 1.37. The lowest BCUT2D eigenvalue weighted by atomic mass is 10.1. The van der Waals surface area contributed by atoms with Crippen molar-refractivity contribution in [1.82, 2.24) is 5.43 Å². The number of halogens is 1. The van der Waals surface area contributed by atoms with E-state index in [1.165, 1.54) is 36.5 Å². The molecule has 0 aliphatic rings. The summed E-state index contributed by atoms with van der Waals surface area (Å²) >= 11 is 7.41. The summed E-state index contributed by atoms with van der Waals surface area (Å²) in [7, 11) is 0. The highest BCUT2D eigenvalue weighted by atomic mass is 35.5. The maximum Gasteiger partial charge on any atom is 0.343 e. The summed E-state index contributed by atoms with van der Waals surface area (Å²) in [4.78, 5) is 48.8. The minimum absolute atomic E-state index is 0.0960. The minimum atomic E-state index is -0.518. The molecule has 2 N–H and O–H groups in total. The second kappa shape index (κ2) is 12.6. The smallest absolute Gasteiger partial charge is 0.343 e. The molecule has 0 atom stereocenters. The van der Waals surface area contributed by atoms with Crippen LogP contribution in [-0.4, -0.2) is 28.9 Å². The maximum atomic E-state index is 12.9. The van der Waals surface area contributed by atoms with Crippen LogP contribution in [0.4, 0.5) is 11.4 Å². The summed E-state index contributed by atoms with van der Waals surface area (Å²) in [5, 5.41) is 18.5. The number of hydrogen-bond donors (Lipinski definition) is 2. The Kier molecular flexibility index (Phi) is 8.56. The lowest BCUT2D eigenvalue weighted by Gasteiger charge is -2.08. The number of benzene rings is 4. The van der Waals surface area contributed by atoms with Crippen LogP contribution in [0.5, 0.6) is 5.75 Å². The number of anilines is 1. The highest BCUT2D eigenvalue weighted by Gasteiger charge is 2.19. The van der Waals surface area contributed by atoms with Crippen molar-refractivity contribution in [3.63, 3.8) is 0 Å². The standard InChI is InChI=1S/C31H21ClN4O6S/c1-18-6-8-20(9-7-18)31(39)42-25-5-3-2-4-21(25)17-33-35-29(37)19-10-12-22(13-11-19)34-30(38)28-27(32)24-15-14-23(36(40)41)16-26(24)43-28/h2-17H,1H3,(H,34,38)(H,35,37)/b33-17-. The van der Waals surface area contributed by atoms with Crippen LogP contribution in [0.3, 0.4) is 0 Å². The van der Waals surface area contributed by atoms with Crippen molar-refractivity contribution in [3.8, 4) is 5.75 Å². The van der Waals surface area contributed by atoms with Gasteiger partial charge in [0.05, 0.1) is 21.7 Å². The average molecular weight is 613 g/mol. The van der Waals surface area contributed by atoms with Gasteiger partial charge in [0.15, 0.2) is 0 Å². The van der Waals surface area contributed by atoms with Crippen molar-refractivity contribution in [2.24, 2.45) is 5.10 Å². The van der Waals surface area contributed by atoms with Crippen LogP contribution in [0.2, 0.25) is 5.02 Å². The number of aryl methyl sites for hydroxylation is 1. The lowest BCUT2D eigenvalue weighted by molar-refractivity contribution is -0.384. The van der Waals surface area contributed by atoms with Gasteiger partial charge in [-0.3, -0.25) is 19.7 Å². The first kappa shape index (κ1) is 29.1. The Morgan fingerprint density at radius 1 is 0.930 bits per heavy atom. The summed E-state index contributed by atoms with van der Waals surface area (Å²) in [6, 6.07) is 24.1. The first-order valence-corrected chi connectivity index (χ1v) is 13.9. The SMILES string of the molecule is Cc1ccc(C(=O)Oc2ccccc2/C=N\NC(=O)c2ccc(NC(=O)c3sc4cc([N+](=O)[O-])ccc4c3Cl)cc2)cc1. The highest BCUT2D eigenvalue weighted by molar-refractivity contribution is 7.21. The predicted octanol–water partition coefficient (Wildman–Crippen LogP) is 7.01. The number of carbonyl (C=O) groups is 3. The molecule has 0 unspecified atom stereocenters. The summed E-state index contributed by atoms with van der Waals surface area (Å²) < 4.78 is 6.04. The number of nitro groups is 1. The van der Waals surface area contributed by atoms with Gasteiger partial charge in [-0.15, -0.1) is 11.3 Å². The summed E-state index contributed by atoms with van der Waals surface area (Å²) in [5.74, 6) is -1.23. The normalized spacial score (nSPS) is 10.9. The number of hydrazone groups is 1. The second-order valence-electron chi connectivity index (χ2n) is 9.21. The molecule has 214 valence electrons. The van der Waals surface area contributed by atoms with Crippen LogP contribution >= 0.6 is 22.9 Å². The third kappa shape index (κ3) is 6.75. The zero-order valence-corrected chi connectivity index (χ0v) is 23.9. The summed E-state index contributed by atoms with van der Waals surface area (Å²) in [5.41, 5.74) is 4.93. The number of amides is 2. The second-order valence-corrected chi connectivity index (χ2v) is 10.6. The Balaban J connectivity index is 1.20. The van der Waals surface area contributed by atoms with Gasteiger partial charge in [-0.2, -0.15) is 5.10 Å². The van der Waals surface area contributed by atoms with Gasteiger partial charge in [0.1, 0.15) is 10.6 Å². The third-order valence-electron chi connectivity index (χ3n) is 6.21. The van der Waals surface area contributed by atoms with Crippen LogP contribution in [-0.2, 0) is 0 Å². The molecular formula is C31H21ClN4O6S. The maximum absolute atomic E-state index is 12.9. The molecule has 0 saturated carbocycles. The van der Waals surface area contributed by atoms with Crippen LogP contribution in [0.15, 0.2) is 96.1 Å². The number of esters is 1. The van der Waals surface area contributed by atoms with E-state index in [4.69, 9.17) is 16.3 Å². The van der Waals surface area contributed by atoms with E-state index in [1.807, 2.05) is 19.1 Å². The molecule has 0 radical (unpaired) electrons. The monoisotopic (exact) mass is 612 g/mol. The zero-order chi connectivity index (χ0) is 30.5. The molecule has 2 amide bonds. The molecule has 0 bridgehead atoms. The molecule has 0 spiro atoms. The third-order valence-corrected chi connectivity index (χ3v) is 7.87. The number of nitrogens with zero attached hydrogens (tertiary/aromatic N) is 2. The number of para-hydroxylation sites is 1. The first-order chi connectivity index (χ1) is 20.7. The van der Waals surface area contributed by atoms with Crippen molar-refractivity contribution in [3.05, 3.63) is 133 Å². The molecule has 0 saturated heterocycles. The number of nitrogens with one attached hydrogen (secondary N) is 2. The van der Waals surface area contributed by atoms with E-state index in [2.05, 4.69) is 15.8 Å². The van der Waals surface area contributed by atoms with Crippen LogP contribution in [0.1, 0.15) is 41.5 Å². The lowest BCUT2D eigenvalue weighted by Crippen LogP contribution is -2.18. The van der Waals surface area contributed by atoms with Gasteiger partial charge >= 0.3 is 5.97 Å². The Labute approximate surface area is 253 Å². The van der Waals surface area contributed by atoms with Gasteiger partial charge in [0, 0.05) is 39.0 Å². The van der Waals surface area contributed by atoms with Gasteiger partial charge in [0.25, 0.3) is 17.5 Å². The molecule has 5 rings (SSSR count). The van der Waals surface area contributed by atoms with E-state index in [0.29, 0.717) is 26.9 Å². The van der Waals surface area contributed by atoms with E-state index in [0.717, 1.165) is 16.9 Å². The number of non-ortho nitro benzene ring substituents is 1. The fourth-order valence-corrected chi connectivity index (χ4v) is 5.41. The van der Waals surface area contributed by atoms with Gasteiger partial charge in [-0.05, 0) is 61.5 Å². The van der Waals surface area contributed by atoms with E-state index in [1.54, 1.807) is 48.5 Å². The Hall–Kier alpha value is -5.39. The number of hydrogen-bond acceptors (Lipinski definition) is 8. The van der Waals surface area contributed by atoms with Crippen LogP contribution in [0, 0.1) is 17.0 Å². The Morgan fingerprint density at radius 3 is 2.35 bits per heavy atom. The van der Waals surface area contributed by atoms with Gasteiger partial charge in [0.2, 0.25) is 0 Å². The zero-order valence-electron chi connectivity index (χ0n) is 22.4. The fourth-order valence-electron chi connectivity index (χ4n) is 3.96. The van der Waals surface area contributed by atoms with Gasteiger partial charge < -0.3 is 10.1 Å². The van der Waals surface area contributed by atoms with Crippen molar-refractivity contribution < 1.29 is 24.0 Å². The van der Waals surface area contributed by atoms with Crippen molar-refractivity contribution in [1.29, 1.82) is 0 Å². The van der Waals surface area contributed by atoms with E-state index in [9.17, 15) is 24.5 Å². The molecule has 5 aromatic rings. The minimum Gasteiger partial charge on any atom is -0.422 e. The number of thiophene rings is 1. The number of ether oxygens (including phenoxy) is 1. The topological polar surface area (TPSA) is 140 Å². The summed E-state index contributed by atoms with van der Waals surface area (Å²) in [6.45, 7) is 1.92. The molecular weight excluding hydrogens is 592 g/mol. The number of rotatable bonds is 8. The number of nitro benzene ring substituents is 1. The molecule has 43 heavy (non-hydrogen) atoms. The van der Waals surface area contributed by atoms with Crippen molar-refractivity contribution in [2.45, 2.75) is 6.92 Å². The van der Waals surface area contributed by atoms with Crippen LogP contribution in [0.25, 0.3) is 10.1 Å². The molecule has 12 heteroatoms. The first-order valence-electron chi connectivity index (χ1n) is 12.7. The van der Waals surface area contributed by atoms with Gasteiger partial charge in [-0.1, -0.05) is 41.4 Å². The molecule has 1 aromatic heterocycles. The van der Waals surface area contributed by atoms with Gasteiger partial charge in [-0.25, -0.2) is 10.2 Å². The van der Waals surface area contributed by atoms with Crippen LogP contribution < -0.4 is 15.5 Å². The van der Waals surface area contributed by atoms with Crippen molar-refractivity contribution in [2.75, 3.05) is 5.32 Å². The number of fused-ring (bicyclic) bond motifs is 1. The molecule has 0 fully saturated rings. The molecule has 0 aliphatic heterocycles. The Morgan fingerprint density at radius 2 is 1.63 bits per heavy atom. The average Bonchev–Trinajstić information content (AvgIpc) is 3.34. The number of carbonyl (C=O) groups excluding carboxylic acids is 3. The quantitative estimate of drug-likeness (QED) is 0.0635. The molecule has 0 aliphatic carbocycles. The molecule has 4 aromatic carbocycles.